The van der Waals surface area contributed by atoms with Crippen molar-refractivity contribution in [1.82, 2.24) is 0 Å². The highest BCUT2D eigenvalue weighted by molar-refractivity contribution is 6.55. The average molecular weight is 395 g/mol. The molecule has 2 rings (SSSR count). The van der Waals surface area contributed by atoms with E-state index in [1.165, 1.54) is 0 Å². The molecule has 1 fully saturated rings. The standard InChI is InChI=1S/C18H19Cl2F3O2/c1-4-5-9-10(16(23)13(22)7-12(9)21)8-25-17(24)15-11(6-14(19)20)18(15,2)3/h6-7,11,15H,4-5,8H2,1-3H3/t11-,15+/m1/s1. The molecule has 0 N–H and O–H groups in total. The van der Waals surface area contributed by atoms with Gasteiger partial charge >= 0.3 is 5.97 Å². The Morgan fingerprint density at radius 2 is 1.88 bits per heavy atom. The zero-order valence-electron chi connectivity index (χ0n) is 14.1. The van der Waals surface area contributed by atoms with Gasteiger partial charge in [0.2, 0.25) is 0 Å². The van der Waals surface area contributed by atoms with Gasteiger partial charge in [0.05, 0.1) is 5.92 Å². The van der Waals surface area contributed by atoms with Crippen LogP contribution in [0.4, 0.5) is 13.2 Å². The van der Waals surface area contributed by atoms with Crippen molar-refractivity contribution in [2.75, 3.05) is 0 Å². The SMILES string of the molecule is CCCc1c(F)cc(F)c(F)c1COC(=O)[C@@H]1[C@@H](C=C(Cl)Cl)C1(C)C. The second kappa shape index (κ2) is 7.58. The summed E-state index contributed by atoms with van der Waals surface area (Å²) >= 11 is 11.3. The number of allylic oxidation sites excluding steroid dienone is 1. The molecule has 0 amide bonds. The van der Waals surface area contributed by atoms with Gasteiger partial charge in [0, 0.05) is 11.6 Å². The summed E-state index contributed by atoms with van der Waals surface area (Å²) in [4.78, 5) is 12.3. The molecule has 0 spiro atoms. The molecule has 1 aliphatic carbocycles. The predicted octanol–water partition coefficient (Wildman–Crippen LogP) is 5.69. The van der Waals surface area contributed by atoms with E-state index in [9.17, 15) is 18.0 Å². The Balaban J connectivity index is 2.17. The maximum Gasteiger partial charge on any atom is 0.310 e. The first-order valence-electron chi connectivity index (χ1n) is 7.95. The van der Waals surface area contributed by atoms with Gasteiger partial charge in [0.25, 0.3) is 0 Å². The van der Waals surface area contributed by atoms with Crippen molar-refractivity contribution >= 4 is 29.2 Å². The topological polar surface area (TPSA) is 26.3 Å². The molecule has 2 nitrogen and oxygen atoms in total. The van der Waals surface area contributed by atoms with Crippen molar-refractivity contribution in [2.45, 2.75) is 40.2 Å². The molecule has 138 valence electrons. The number of ether oxygens (including phenoxy) is 1. The minimum Gasteiger partial charge on any atom is -0.460 e. The highest BCUT2D eigenvalue weighted by atomic mass is 35.5. The Labute approximate surface area is 154 Å². The summed E-state index contributed by atoms with van der Waals surface area (Å²) < 4.78 is 46.7. The second-order valence-electron chi connectivity index (χ2n) is 6.75. The van der Waals surface area contributed by atoms with Crippen LogP contribution < -0.4 is 0 Å². The van der Waals surface area contributed by atoms with E-state index in [0.29, 0.717) is 12.5 Å². The van der Waals surface area contributed by atoms with Crippen molar-refractivity contribution in [1.29, 1.82) is 0 Å². The van der Waals surface area contributed by atoms with Crippen molar-refractivity contribution < 1.29 is 22.7 Å². The number of hydrogen-bond donors (Lipinski definition) is 0. The van der Waals surface area contributed by atoms with Gasteiger partial charge in [-0.1, -0.05) is 50.4 Å². The lowest BCUT2D eigenvalue weighted by molar-refractivity contribution is -0.147. The van der Waals surface area contributed by atoms with Gasteiger partial charge in [0.15, 0.2) is 11.6 Å². The predicted molar refractivity (Wildman–Crippen MR) is 90.7 cm³/mol. The molecular formula is C18H19Cl2F3O2. The van der Waals surface area contributed by atoms with Gasteiger partial charge in [-0.25, -0.2) is 13.2 Å². The van der Waals surface area contributed by atoms with Crippen LogP contribution in [0.2, 0.25) is 0 Å². The largest absolute Gasteiger partial charge is 0.460 e. The van der Waals surface area contributed by atoms with Crippen molar-refractivity contribution in [3.05, 3.63) is 45.2 Å². The number of carbonyl (C=O) groups excluding carboxylic acids is 1. The van der Waals surface area contributed by atoms with E-state index >= 15 is 0 Å². The third-order valence-electron chi connectivity index (χ3n) is 4.71. The summed E-state index contributed by atoms with van der Waals surface area (Å²) in [5, 5.41) is 0. The zero-order chi connectivity index (χ0) is 18.9. The number of carbonyl (C=O) groups is 1. The van der Waals surface area contributed by atoms with Crippen LogP contribution in [0.1, 0.15) is 38.3 Å². The lowest BCUT2D eigenvalue weighted by atomic mass is 10.0. The molecule has 0 aromatic heterocycles. The number of hydrogen-bond acceptors (Lipinski definition) is 2. The minimum absolute atomic E-state index is 0.0319. The number of benzene rings is 1. The van der Waals surface area contributed by atoms with Crippen LogP contribution in [0.5, 0.6) is 0 Å². The van der Waals surface area contributed by atoms with Crippen LogP contribution >= 0.6 is 23.2 Å². The van der Waals surface area contributed by atoms with Gasteiger partial charge in [-0.2, -0.15) is 0 Å². The third-order valence-corrected chi connectivity index (χ3v) is 4.96. The van der Waals surface area contributed by atoms with Crippen molar-refractivity contribution in [3.63, 3.8) is 0 Å². The Morgan fingerprint density at radius 3 is 2.44 bits per heavy atom. The molecule has 0 aliphatic heterocycles. The number of rotatable bonds is 6. The molecule has 0 bridgehead atoms. The molecule has 7 heteroatoms. The Bertz CT molecular complexity index is 713. The summed E-state index contributed by atoms with van der Waals surface area (Å²) in [6, 6.07) is 0.513. The Morgan fingerprint density at radius 1 is 1.24 bits per heavy atom. The molecule has 25 heavy (non-hydrogen) atoms. The molecule has 0 radical (unpaired) electrons. The second-order valence-corrected chi connectivity index (χ2v) is 7.76. The summed E-state index contributed by atoms with van der Waals surface area (Å²) in [6.07, 6.45) is 2.32. The fourth-order valence-corrected chi connectivity index (χ4v) is 3.43. The van der Waals surface area contributed by atoms with E-state index in [1.54, 1.807) is 13.0 Å². The molecule has 0 heterocycles. The van der Waals surface area contributed by atoms with E-state index < -0.39 is 41.4 Å². The number of esters is 1. The highest BCUT2D eigenvalue weighted by Gasteiger charge is 2.61. The molecule has 1 aromatic rings. The molecule has 2 atom stereocenters. The highest BCUT2D eigenvalue weighted by Crippen LogP contribution is 2.60. The smallest absolute Gasteiger partial charge is 0.310 e. The van der Waals surface area contributed by atoms with E-state index in [0.717, 1.165) is 0 Å². The first-order chi connectivity index (χ1) is 11.6. The van der Waals surface area contributed by atoms with Crippen LogP contribution in [0.3, 0.4) is 0 Å². The quantitative estimate of drug-likeness (QED) is 0.457. The summed E-state index contributed by atoms with van der Waals surface area (Å²) in [6.45, 7) is 4.96. The summed E-state index contributed by atoms with van der Waals surface area (Å²) in [7, 11) is 0. The summed E-state index contributed by atoms with van der Waals surface area (Å²) in [5.41, 5.74) is -0.623. The van der Waals surface area contributed by atoms with Gasteiger partial charge in [-0.3, -0.25) is 4.79 Å². The minimum atomic E-state index is -1.30. The molecule has 1 aromatic carbocycles. The fourth-order valence-electron chi connectivity index (χ4n) is 3.16. The van der Waals surface area contributed by atoms with Crippen LogP contribution in [0.25, 0.3) is 0 Å². The van der Waals surface area contributed by atoms with Gasteiger partial charge in [-0.05, 0) is 29.4 Å². The number of halogens is 5. The Kier molecular flexibility index (Phi) is 6.10. The van der Waals surface area contributed by atoms with E-state index in [2.05, 4.69) is 0 Å². The molecule has 0 saturated heterocycles. The van der Waals surface area contributed by atoms with Crippen molar-refractivity contribution in [2.24, 2.45) is 17.3 Å². The fraction of sp³-hybridized carbons (Fsp3) is 0.500. The molecule has 1 saturated carbocycles. The normalized spacial score (nSPS) is 21.0. The van der Waals surface area contributed by atoms with Crippen molar-refractivity contribution in [3.8, 4) is 0 Å². The van der Waals surface area contributed by atoms with Crippen LogP contribution in [0, 0.1) is 34.7 Å². The maximum absolute atomic E-state index is 14.1. The van der Waals surface area contributed by atoms with Crippen LogP contribution in [-0.2, 0) is 22.6 Å². The maximum atomic E-state index is 14.1. The van der Waals surface area contributed by atoms with Gasteiger partial charge in [0.1, 0.15) is 16.9 Å². The lowest BCUT2D eigenvalue weighted by Gasteiger charge is -2.13. The zero-order valence-corrected chi connectivity index (χ0v) is 15.6. The van der Waals surface area contributed by atoms with E-state index in [4.69, 9.17) is 27.9 Å². The lowest BCUT2D eigenvalue weighted by Crippen LogP contribution is -2.14. The first kappa shape index (κ1) is 20.1. The molecule has 0 unspecified atom stereocenters. The van der Waals surface area contributed by atoms with Gasteiger partial charge < -0.3 is 4.74 Å². The monoisotopic (exact) mass is 394 g/mol. The van der Waals surface area contributed by atoms with Gasteiger partial charge in [-0.15, -0.1) is 0 Å². The first-order valence-corrected chi connectivity index (χ1v) is 8.71. The molecular weight excluding hydrogens is 376 g/mol. The molecule has 1 aliphatic rings. The average Bonchev–Trinajstić information content (AvgIpc) is 3.04. The van der Waals surface area contributed by atoms with Crippen LogP contribution in [-0.4, -0.2) is 5.97 Å². The third kappa shape index (κ3) is 4.14. The van der Waals surface area contributed by atoms with E-state index in [-0.39, 0.29) is 28.0 Å². The summed E-state index contributed by atoms with van der Waals surface area (Å²) in [5.74, 6) is -4.59. The Hall–Kier alpha value is -1.20. The van der Waals surface area contributed by atoms with Crippen LogP contribution in [0.15, 0.2) is 16.6 Å². The van der Waals surface area contributed by atoms with E-state index in [1.807, 2.05) is 13.8 Å².